The van der Waals surface area contributed by atoms with Crippen molar-refractivity contribution in [1.82, 2.24) is 15.6 Å². The topological polar surface area (TPSA) is 118 Å². The van der Waals surface area contributed by atoms with Gasteiger partial charge in [-0.15, -0.1) is 0 Å². The summed E-state index contributed by atoms with van der Waals surface area (Å²) in [6, 6.07) is 26.4. The average molecular weight is 524 g/mol. The van der Waals surface area contributed by atoms with E-state index in [1.54, 1.807) is 0 Å². The minimum absolute atomic E-state index is 0.0304. The molecule has 0 saturated heterocycles. The number of carboxylic acids is 1. The van der Waals surface area contributed by atoms with Crippen LogP contribution in [0.4, 0.5) is 0 Å². The van der Waals surface area contributed by atoms with E-state index in [1.165, 1.54) is 0 Å². The number of nitrogens with one attached hydrogen (secondary N) is 2. The molecule has 0 unspecified atom stereocenters. The maximum absolute atomic E-state index is 13.9. The predicted octanol–water partition coefficient (Wildman–Crippen LogP) is 4.92. The molecule has 0 saturated carbocycles. The molecule has 3 N–H and O–H groups in total. The molecule has 1 atom stereocenters. The molecule has 4 aromatic rings. The van der Waals surface area contributed by atoms with Gasteiger partial charge in [0.25, 0.3) is 5.91 Å². The third-order valence-corrected chi connectivity index (χ3v) is 6.06. The van der Waals surface area contributed by atoms with Crippen molar-refractivity contribution in [1.29, 1.82) is 0 Å². The van der Waals surface area contributed by atoms with Crippen molar-refractivity contribution >= 4 is 28.7 Å². The number of hydrogen-bond acceptors (Lipinski definition) is 5. The zero-order valence-corrected chi connectivity index (χ0v) is 21.5. The number of para-hydroxylation sites is 1. The van der Waals surface area contributed by atoms with Crippen LogP contribution in [0.5, 0.6) is 5.75 Å². The molecule has 0 aliphatic heterocycles. The van der Waals surface area contributed by atoms with E-state index < -0.39 is 11.9 Å². The summed E-state index contributed by atoms with van der Waals surface area (Å²) in [5, 5.41) is 15.1. The van der Waals surface area contributed by atoms with Crippen molar-refractivity contribution in [2.75, 3.05) is 13.2 Å². The molecule has 2 amide bonds. The Morgan fingerprint density at radius 1 is 0.923 bits per heavy atom. The average Bonchev–Trinajstić information content (AvgIpc) is 2.97. The molecule has 1 heterocycles. The minimum Gasteiger partial charge on any atom is -0.489 e. The standard InChI is InChI=1S/C31H29N3O5/c1-2-24(21-11-5-3-6-12-21)34-31(38)28-23-15-9-10-16-25(23)33-29(22-13-7-4-8-14-22)30(28)39-20-19-32-26(35)17-18-27(36)37/h3-18,24H,2,19-20H2,1H3,(H,32,35)(H,34,38)(H,36,37)/t24-/m0/s1. The highest BCUT2D eigenvalue weighted by atomic mass is 16.5. The number of fused-ring (bicyclic) bond motifs is 1. The van der Waals surface area contributed by atoms with Gasteiger partial charge in [-0.2, -0.15) is 0 Å². The lowest BCUT2D eigenvalue weighted by atomic mass is 10.00. The summed E-state index contributed by atoms with van der Waals surface area (Å²) in [5.74, 6) is -1.78. The number of rotatable bonds is 11. The van der Waals surface area contributed by atoms with Crippen molar-refractivity contribution in [3.05, 3.63) is 108 Å². The van der Waals surface area contributed by atoms with Crippen LogP contribution in [-0.4, -0.2) is 41.0 Å². The van der Waals surface area contributed by atoms with Crippen molar-refractivity contribution in [3.8, 4) is 17.0 Å². The Morgan fingerprint density at radius 2 is 1.59 bits per heavy atom. The van der Waals surface area contributed by atoms with Gasteiger partial charge in [0.05, 0.1) is 23.7 Å². The second-order valence-electron chi connectivity index (χ2n) is 8.70. The van der Waals surface area contributed by atoms with Gasteiger partial charge in [-0.3, -0.25) is 9.59 Å². The molecule has 0 aliphatic rings. The molecule has 0 spiro atoms. The first-order valence-electron chi connectivity index (χ1n) is 12.6. The third kappa shape index (κ3) is 6.87. The van der Waals surface area contributed by atoms with E-state index >= 15 is 0 Å². The van der Waals surface area contributed by atoms with E-state index in [0.29, 0.717) is 34.3 Å². The van der Waals surface area contributed by atoms with Crippen molar-refractivity contribution < 1.29 is 24.2 Å². The Bertz CT molecular complexity index is 1490. The Kier molecular flexibility index (Phi) is 9.03. The molecule has 1 aromatic heterocycles. The van der Waals surface area contributed by atoms with Gasteiger partial charge in [0.2, 0.25) is 5.91 Å². The summed E-state index contributed by atoms with van der Waals surface area (Å²) < 4.78 is 6.17. The fourth-order valence-electron chi connectivity index (χ4n) is 4.22. The molecule has 39 heavy (non-hydrogen) atoms. The maximum atomic E-state index is 13.9. The lowest BCUT2D eigenvalue weighted by molar-refractivity contribution is -0.131. The number of ether oxygens (including phenoxy) is 1. The number of amides is 2. The highest BCUT2D eigenvalue weighted by Crippen LogP contribution is 2.37. The molecule has 0 bridgehead atoms. The minimum atomic E-state index is -1.22. The molecule has 0 fully saturated rings. The molecule has 4 rings (SSSR count). The molecule has 0 radical (unpaired) electrons. The largest absolute Gasteiger partial charge is 0.489 e. The number of nitrogens with zero attached hydrogens (tertiary/aromatic N) is 1. The number of pyridine rings is 1. The number of carbonyl (C=O) groups is 3. The fourth-order valence-corrected chi connectivity index (χ4v) is 4.22. The van der Waals surface area contributed by atoms with Gasteiger partial charge in [0, 0.05) is 23.1 Å². The molecule has 8 heteroatoms. The van der Waals surface area contributed by atoms with E-state index in [1.807, 2.05) is 91.9 Å². The first-order chi connectivity index (χ1) is 19.0. The van der Waals surface area contributed by atoms with Crippen LogP contribution in [0.3, 0.4) is 0 Å². The molecule has 0 aliphatic carbocycles. The van der Waals surface area contributed by atoms with Crippen LogP contribution in [-0.2, 0) is 9.59 Å². The van der Waals surface area contributed by atoms with Gasteiger partial charge >= 0.3 is 5.97 Å². The second kappa shape index (κ2) is 13.0. The Labute approximate surface area is 226 Å². The summed E-state index contributed by atoms with van der Waals surface area (Å²) >= 11 is 0. The van der Waals surface area contributed by atoms with Crippen molar-refractivity contribution in [3.63, 3.8) is 0 Å². The Hall–Kier alpha value is -4.98. The molecular weight excluding hydrogens is 494 g/mol. The summed E-state index contributed by atoms with van der Waals surface area (Å²) in [5.41, 5.74) is 3.27. The van der Waals surface area contributed by atoms with Crippen molar-refractivity contribution in [2.45, 2.75) is 19.4 Å². The smallest absolute Gasteiger partial charge is 0.328 e. The second-order valence-corrected chi connectivity index (χ2v) is 8.70. The molecular formula is C31H29N3O5. The number of benzene rings is 3. The molecule has 3 aromatic carbocycles. The van der Waals surface area contributed by atoms with Crippen molar-refractivity contribution in [2.24, 2.45) is 0 Å². The van der Waals surface area contributed by atoms with Crippen LogP contribution < -0.4 is 15.4 Å². The monoisotopic (exact) mass is 523 g/mol. The maximum Gasteiger partial charge on any atom is 0.328 e. The number of hydrogen-bond donors (Lipinski definition) is 3. The third-order valence-electron chi connectivity index (χ3n) is 6.06. The van der Waals surface area contributed by atoms with E-state index in [2.05, 4.69) is 10.6 Å². The highest BCUT2D eigenvalue weighted by molar-refractivity contribution is 6.10. The number of aliphatic carboxylic acids is 1. The first kappa shape index (κ1) is 27.1. The van der Waals surface area contributed by atoms with E-state index in [4.69, 9.17) is 14.8 Å². The lowest BCUT2D eigenvalue weighted by Gasteiger charge is -2.21. The Morgan fingerprint density at radius 3 is 2.28 bits per heavy atom. The predicted molar refractivity (Wildman–Crippen MR) is 149 cm³/mol. The molecule has 8 nitrogen and oxygen atoms in total. The van der Waals surface area contributed by atoms with E-state index in [0.717, 1.165) is 23.3 Å². The summed E-state index contributed by atoms with van der Waals surface area (Å²) in [6.45, 7) is 2.13. The van der Waals surface area contributed by atoms with Gasteiger partial charge < -0.3 is 20.5 Å². The van der Waals surface area contributed by atoms with Crippen LogP contribution in [0.25, 0.3) is 22.2 Å². The first-order valence-corrected chi connectivity index (χ1v) is 12.6. The van der Waals surface area contributed by atoms with Crippen LogP contribution in [0.1, 0.15) is 35.3 Å². The zero-order chi connectivity index (χ0) is 27.6. The molecule has 198 valence electrons. The highest BCUT2D eigenvalue weighted by Gasteiger charge is 2.25. The zero-order valence-electron chi connectivity index (χ0n) is 21.5. The van der Waals surface area contributed by atoms with Crippen LogP contribution in [0.15, 0.2) is 97.1 Å². The fraction of sp³-hybridized carbons (Fsp3) is 0.161. The summed E-state index contributed by atoms with van der Waals surface area (Å²) in [6.07, 6.45) is 2.38. The number of carboxylic acid groups (broad SMARTS) is 1. The van der Waals surface area contributed by atoms with Gasteiger partial charge in [-0.25, -0.2) is 9.78 Å². The van der Waals surface area contributed by atoms with Gasteiger partial charge in [0.15, 0.2) is 5.75 Å². The SMILES string of the molecule is CC[C@H](NC(=O)c1c(OCCNC(=O)C=CC(=O)O)c(-c2ccccc2)nc2ccccc12)c1ccccc1. The summed E-state index contributed by atoms with van der Waals surface area (Å²) in [4.78, 5) is 41.3. The van der Waals surface area contributed by atoms with Gasteiger partial charge in [-0.05, 0) is 18.1 Å². The van der Waals surface area contributed by atoms with E-state index in [9.17, 15) is 14.4 Å². The number of aromatic nitrogens is 1. The van der Waals surface area contributed by atoms with E-state index in [-0.39, 0.29) is 25.1 Å². The quantitative estimate of drug-likeness (QED) is 0.190. The van der Waals surface area contributed by atoms with Gasteiger partial charge in [-0.1, -0.05) is 85.8 Å². The van der Waals surface area contributed by atoms with Crippen LogP contribution in [0, 0.1) is 0 Å². The number of carbonyl (C=O) groups excluding carboxylic acids is 2. The van der Waals surface area contributed by atoms with Crippen LogP contribution in [0.2, 0.25) is 0 Å². The summed E-state index contributed by atoms with van der Waals surface area (Å²) in [7, 11) is 0. The van der Waals surface area contributed by atoms with Gasteiger partial charge in [0.1, 0.15) is 12.3 Å². The normalized spacial score (nSPS) is 11.7. The lowest BCUT2D eigenvalue weighted by Crippen LogP contribution is -2.30. The Balaban J connectivity index is 1.72. The van der Waals surface area contributed by atoms with Crippen LogP contribution >= 0.6 is 0 Å².